The minimum atomic E-state index is -0.250. The molecule has 0 aliphatic heterocycles. The maximum absolute atomic E-state index is 13.0. The number of nitrogens with one attached hydrogen (secondary N) is 1. The summed E-state index contributed by atoms with van der Waals surface area (Å²) in [6, 6.07) is 16.2. The summed E-state index contributed by atoms with van der Waals surface area (Å²) in [6.07, 6.45) is 3.37. The van der Waals surface area contributed by atoms with Gasteiger partial charge in [0, 0.05) is 22.6 Å². The third kappa shape index (κ3) is 4.06. The number of halogens is 1. The van der Waals surface area contributed by atoms with Gasteiger partial charge in [-0.05, 0) is 55.7 Å². The molecule has 138 valence electrons. The van der Waals surface area contributed by atoms with Crippen LogP contribution in [-0.2, 0) is 17.6 Å². The molecule has 1 N–H and O–H groups in total. The molecule has 1 aromatic heterocycles. The van der Waals surface area contributed by atoms with Crippen molar-refractivity contribution in [2.45, 2.75) is 30.6 Å². The molecule has 27 heavy (non-hydrogen) atoms. The molecule has 4 rings (SSSR count). The van der Waals surface area contributed by atoms with Crippen molar-refractivity contribution in [2.24, 2.45) is 0 Å². The fourth-order valence-electron chi connectivity index (χ4n) is 3.26. The van der Waals surface area contributed by atoms with E-state index in [1.165, 1.54) is 12.1 Å². The van der Waals surface area contributed by atoms with Gasteiger partial charge in [-0.2, -0.15) is 5.10 Å². The number of carbonyl (C=O) groups is 1. The van der Waals surface area contributed by atoms with Crippen LogP contribution in [0, 0.1) is 5.82 Å². The van der Waals surface area contributed by atoms with Gasteiger partial charge in [0.05, 0.1) is 11.4 Å². The van der Waals surface area contributed by atoms with E-state index in [0.717, 1.165) is 46.9 Å². The lowest BCUT2D eigenvalue weighted by atomic mass is 10.2. The number of aromatic nitrogens is 2. The molecule has 0 unspecified atom stereocenters. The van der Waals surface area contributed by atoms with Gasteiger partial charge in [0.25, 0.3) is 0 Å². The van der Waals surface area contributed by atoms with Crippen LogP contribution in [-0.4, -0.2) is 21.4 Å². The van der Waals surface area contributed by atoms with Crippen molar-refractivity contribution < 1.29 is 9.18 Å². The van der Waals surface area contributed by atoms with Crippen LogP contribution < -0.4 is 5.32 Å². The van der Waals surface area contributed by atoms with Crippen molar-refractivity contribution in [3.8, 4) is 5.69 Å². The lowest BCUT2D eigenvalue weighted by Gasteiger charge is -2.11. The molecule has 1 aliphatic rings. The maximum atomic E-state index is 13.0. The number of hydrogen-bond donors (Lipinski definition) is 1. The van der Waals surface area contributed by atoms with Gasteiger partial charge in [0.15, 0.2) is 0 Å². The Bertz CT molecular complexity index is 938. The van der Waals surface area contributed by atoms with Crippen LogP contribution in [0.2, 0.25) is 0 Å². The molecule has 0 fully saturated rings. The predicted octanol–water partition coefficient (Wildman–Crippen LogP) is 4.62. The summed E-state index contributed by atoms with van der Waals surface area (Å²) in [5.41, 5.74) is 3.18. The van der Waals surface area contributed by atoms with Crippen LogP contribution >= 0.6 is 11.8 Å². The highest BCUT2D eigenvalue weighted by molar-refractivity contribution is 7.99. The molecular formula is C21H20FN3OS. The molecule has 0 bridgehead atoms. The first kappa shape index (κ1) is 17.8. The van der Waals surface area contributed by atoms with Gasteiger partial charge in [-0.1, -0.05) is 18.2 Å². The second-order valence-corrected chi connectivity index (χ2v) is 7.64. The number of carbonyl (C=O) groups excluding carboxylic acids is 1. The molecule has 0 atom stereocenters. The van der Waals surface area contributed by atoms with Crippen LogP contribution in [0.15, 0.2) is 59.5 Å². The first-order chi connectivity index (χ1) is 13.2. The smallest absolute Gasteiger partial charge is 0.226 e. The number of para-hydroxylation sites is 1. The predicted molar refractivity (Wildman–Crippen MR) is 106 cm³/mol. The molecule has 4 nitrogen and oxygen atoms in total. The zero-order valence-corrected chi connectivity index (χ0v) is 15.6. The van der Waals surface area contributed by atoms with E-state index in [-0.39, 0.29) is 11.7 Å². The Balaban J connectivity index is 1.44. The standard InChI is InChI=1S/C21H20FN3OS/c22-15-9-11-17(12-10-15)27-14-13-20(26)23-21-18-7-4-8-19(18)24-25(21)16-5-2-1-3-6-16/h1-3,5-6,9-12H,4,7-8,13-14H2,(H,23,26). The number of thioether (sulfide) groups is 1. The first-order valence-electron chi connectivity index (χ1n) is 9.05. The number of hydrogen-bond acceptors (Lipinski definition) is 3. The molecular weight excluding hydrogens is 361 g/mol. The molecule has 0 saturated carbocycles. The Kier molecular flexibility index (Phi) is 5.25. The van der Waals surface area contributed by atoms with E-state index in [1.807, 2.05) is 35.0 Å². The van der Waals surface area contributed by atoms with Crippen molar-refractivity contribution in [1.29, 1.82) is 0 Å². The topological polar surface area (TPSA) is 46.9 Å². The van der Waals surface area contributed by atoms with E-state index in [4.69, 9.17) is 5.10 Å². The maximum Gasteiger partial charge on any atom is 0.226 e. The number of nitrogens with zero attached hydrogens (tertiary/aromatic N) is 2. The van der Waals surface area contributed by atoms with Crippen LogP contribution in [0.3, 0.4) is 0 Å². The number of aryl methyl sites for hydroxylation is 1. The third-order valence-corrected chi connectivity index (χ3v) is 5.59. The average Bonchev–Trinajstić information content (AvgIpc) is 3.27. The minimum Gasteiger partial charge on any atom is -0.310 e. The Hall–Kier alpha value is -2.60. The van der Waals surface area contributed by atoms with E-state index >= 15 is 0 Å². The lowest BCUT2D eigenvalue weighted by Crippen LogP contribution is -2.16. The van der Waals surface area contributed by atoms with E-state index in [0.29, 0.717) is 12.2 Å². The summed E-state index contributed by atoms with van der Waals surface area (Å²) in [7, 11) is 0. The van der Waals surface area contributed by atoms with Crippen molar-refractivity contribution >= 4 is 23.5 Å². The number of benzene rings is 2. The lowest BCUT2D eigenvalue weighted by molar-refractivity contribution is -0.115. The van der Waals surface area contributed by atoms with E-state index in [2.05, 4.69) is 5.32 Å². The Morgan fingerprint density at radius 2 is 1.89 bits per heavy atom. The Labute approximate surface area is 161 Å². The summed E-state index contributed by atoms with van der Waals surface area (Å²) < 4.78 is 14.8. The Morgan fingerprint density at radius 3 is 2.67 bits per heavy atom. The zero-order chi connectivity index (χ0) is 18.6. The van der Waals surface area contributed by atoms with Crippen molar-refractivity contribution in [1.82, 2.24) is 9.78 Å². The SMILES string of the molecule is O=C(CCSc1ccc(F)cc1)Nc1c2c(nn1-c1ccccc1)CCC2. The molecule has 0 saturated heterocycles. The van der Waals surface area contributed by atoms with Gasteiger partial charge in [0.2, 0.25) is 5.91 Å². The molecule has 2 aromatic carbocycles. The van der Waals surface area contributed by atoms with E-state index in [1.54, 1.807) is 23.9 Å². The summed E-state index contributed by atoms with van der Waals surface area (Å²) >= 11 is 1.55. The second kappa shape index (κ2) is 7.96. The number of fused-ring (bicyclic) bond motifs is 1. The van der Waals surface area contributed by atoms with Gasteiger partial charge in [0.1, 0.15) is 11.6 Å². The third-order valence-electron chi connectivity index (χ3n) is 4.58. The normalized spacial score (nSPS) is 12.8. The monoisotopic (exact) mass is 381 g/mol. The highest BCUT2D eigenvalue weighted by Crippen LogP contribution is 2.31. The summed E-state index contributed by atoms with van der Waals surface area (Å²) in [6.45, 7) is 0. The van der Waals surface area contributed by atoms with E-state index < -0.39 is 0 Å². The second-order valence-electron chi connectivity index (χ2n) is 6.48. The highest BCUT2D eigenvalue weighted by Gasteiger charge is 2.24. The zero-order valence-electron chi connectivity index (χ0n) is 14.8. The van der Waals surface area contributed by atoms with E-state index in [9.17, 15) is 9.18 Å². The molecule has 0 spiro atoms. The van der Waals surface area contributed by atoms with Crippen LogP contribution in [0.1, 0.15) is 24.1 Å². The number of anilines is 1. The molecule has 3 aromatic rings. The largest absolute Gasteiger partial charge is 0.310 e. The van der Waals surface area contributed by atoms with Gasteiger partial charge < -0.3 is 5.32 Å². The molecule has 6 heteroatoms. The van der Waals surface area contributed by atoms with Gasteiger partial charge in [-0.25, -0.2) is 9.07 Å². The van der Waals surface area contributed by atoms with Crippen LogP contribution in [0.4, 0.5) is 10.2 Å². The summed E-state index contributed by atoms with van der Waals surface area (Å²) in [4.78, 5) is 13.5. The van der Waals surface area contributed by atoms with Crippen molar-refractivity contribution in [3.05, 3.63) is 71.7 Å². The molecule has 1 aliphatic carbocycles. The Morgan fingerprint density at radius 1 is 1.11 bits per heavy atom. The van der Waals surface area contributed by atoms with Crippen LogP contribution in [0.25, 0.3) is 5.69 Å². The molecule has 1 amide bonds. The quantitative estimate of drug-likeness (QED) is 0.634. The fourth-order valence-corrected chi connectivity index (χ4v) is 4.11. The van der Waals surface area contributed by atoms with Gasteiger partial charge in [-0.15, -0.1) is 11.8 Å². The molecule has 1 heterocycles. The molecule has 0 radical (unpaired) electrons. The summed E-state index contributed by atoms with van der Waals surface area (Å²) in [5.74, 6) is 1.15. The number of amides is 1. The highest BCUT2D eigenvalue weighted by atomic mass is 32.2. The van der Waals surface area contributed by atoms with Crippen molar-refractivity contribution in [3.63, 3.8) is 0 Å². The minimum absolute atomic E-state index is 0.0311. The van der Waals surface area contributed by atoms with Crippen LogP contribution in [0.5, 0.6) is 0 Å². The van der Waals surface area contributed by atoms with Crippen molar-refractivity contribution in [2.75, 3.05) is 11.1 Å². The van der Waals surface area contributed by atoms with Gasteiger partial charge in [-0.3, -0.25) is 4.79 Å². The van der Waals surface area contributed by atoms with Gasteiger partial charge >= 0.3 is 0 Å². The fraction of sp³-hybridized carbons (Fsp3) is 0.238. The number of rotatable bonds is 6. The first-order valence-corrected chi connectivity index (χ1v) is 10.0. The summed E-state index contributed by atoms with van der Waals surface area (Å²) in [5, 5.41) is 7.78. The average molecular weight is 381 g/mol.